The van der Waals surface area contributed by atoms with Gasteiger partial charge in [-0.3, -0.25) is 14.9 Å². The Morgan fingerprint density at radius 1 is 1.15 bits per heavy atom. The van der Waals surface area contributed by atoms with Crippen LogP contribution in [0.1, 0.15) is 76.9 Å². The summed E-state index contributed by atoms with van der Waals surface area (Å²) in [7, 11) is 1.59. The third-order valence-corrected chi connectivity index (χ3v) is 9.43. The number of carbonyl (C=O) groups excluding carboxylic acids is 1. The van der Waals surface area contributed by atoms with Crippen LogP contribution in [0.4, 0.5) is 10.7 Å². The molecule has 1 heterocycles. The van der Waals surface area contributed by atoms with Gasteiger partial charge >= 0.3 is 0 Å². The summed E-state index contributed by atoms with van der Waals surface area (Å²) in [4.78, 5) is 30.1. The van der Waals surface area contributed by atoms with Crippen LogP contribution in [0.5, 0.6) is 11.5 Å². The molecule has 40 heavy (non-hydrogen) atoms. The van der Waals surface area contributed by atoms with Crippen molar-refractivity contribution >= 4 is 56.7 Å². The molecule has 210 valence electrons. The van der Waals surface area contributed by atoms with Gasteiger partial charge in [-0.1, -0.05) is 19.3 Å². The average Bonchev–Trinajstić information content (AvgIpc) is 3.34. The van der Waals surface area contributed by atoms with E-state index in [1.54, 1.807) is 36.8 Å². The maximum atomic E-state index is 13.5. The number of nitrogens with zero attached hydrogens (tertiary/aromatic N) is 2. The van der Waals surface area contributed by atoms with Gasteiger partial charge in [0.15, 0.2) is 11.5 Å². The quantitative estimate of drug-likeness (QED) is 0.109. The van der Waals surface area contributed by atoms with Crippen molar-refractivity contribution in [3.8, 4) is 11.5 Å². The largest absolute Gasteiger partial charge is 0.493 e. The predicted molar refractivity (Wildman–Crippen MR) is 166 cm³/mol. The Labute approximate surface area is 251 Å². The Hall–Kier alpha value is -2.99. The molecule has 0 radical (unpaired) electrons. The number of carbonyl (C=O) groups is 1. The van der Waals surface area contributed by atoms with E-state index < -0.39 is 4.92 Å². The first-order valence-electron chi connectivity index (χ1n) is 13.7. The molecule has 1 amide bonds. The molecule has 2 aliphatic rings. The van der Waals surface area contributed by atoms with E-state index in [-0.39, 0.29) is 24.2 Å². The van der Waals surface area contributed by atoms with Gasteiger partial charge < -0.3 is 14.8 Å². The summed E-state index contributed by atoms with van der Waals surface area (Å²) in [6.07, 6.45) is 11.7. The molecule has 0 aliphatic heterocycles. The minimum absolute atomic E-state index is 0.0144. The molecule has 0 bridgehead atoms. The fraction of sp³-hybridized carbons (Fsp3) is 0.400. The Morgan fingerprint density at radius 2 is 1.90 bits per heavy atom. The number of methoxy groups -OCH3 is 1. The topological polar surface area (TPSA) is 103 Å². The fourth-order valence-electron chi connectivity index (χ4n) is 5.34. The number of rotatable bonds is 9. The number of fused-ring (bicyclic) bond motifs is 1. The second-order valence-corrected chi connectivity index (χ2v) is 12.4. The lowest BCUT2D eigenvalue weighted by molar-refractivity contribution is -0.384. The van der Waals surface area contributed by atoms with E-state index in [0.29, 0.717) is 11.5 Å². The summed E-state index contributed by atoms with van der Waals surface area (Å²) in [5, 5.41) is 15.0. The Bertz CT molecular complexity index is 1410. The van der Waals surface area contributed by atoms with E-state index in [0.717, 1.165) is 63.8 Å². The number of halogens is 1. The highest BCUT2D eigenvalue weighted by molar-refractivity contribution is 14.1. The van der Waals surface area contributed by atoms with Crippen LogP contribution < -0.4 is 14.8 Å². The van der Waals surface area contributed by atoms with Crippen molar-refractivity contribution in [1.82, 2.24) is 5.32 Å². The second kappa shape index (κ2) is 13.1. The van der Waals surface area contributed by atoms with Crippen molar-refractivity contribution in [3.63, 3.8) is 0 Å². The molecule has 0 spiro atoms. The smallest absolute Gasteiger partial charge is 0.269 e. The molecule has 8 nitrogen and oxygen atoms in total. The van der Waals surface area contributed by atoms with Crippen molar-refractivity contribution < 1.29 is 19.2 Å². The first-order chi connectivity index (χ1) is 19.4. The number of amides is 1. The fourth-order valence-corrected chi connectivity index (χ4v) is 7.35. The highest BCUT2D eigenvalue weighted by Crippen LogP contribution is 2.40. The summed E-state index contributed by atoms with van der Waals surface area (Å²) in [6, 6.07) is 10.4. The zero-order chi connectivity index (χ0) is 28.1. The highest BCUT2D eigenvalue weighted by atomic mass is 127. The average molecular weight is 674 g/mol. The van der Waals surface area contributed by atoms with Crippen LogP contribution in [0, 0.1) is 13.7 Å². The van der Waals surface area contributed by atoms with Crippen molar-refractivity contribution in [2.24, 2.45) is 4.99 Å². The Morgan fingerprint density at radius 3 is 2.62 bits per heavy atom. The summed E-state index contributed by atoms with van der Waals surface area (Å²) >= 11 is 3.84. The van der Waals surface area contributed by atoms with Crippen molar-refractivity contribution in [3.05, 3.63) is 77.2 Å². The number of aliphatic imine (C=N–C) groups is 1. The number of non-ortho nitro benzene ring substituents is 1. The van der Waals surface area contributed by atoms with E-state index in [1.807, 2.05) is 12.1 Å². The maximum Gasteiger partial charge on any atom is 0.269 e. The molecule has 1 fully saturated rings. The van der Waals surface area contributed by atoms with Crippen molar-refractivity contribution in [2.75, 3.05) is 7.11 Å². The Kier molecular flexibility index (Phi) is 9.36. The molecule has 3 aromatic rings. The Balaban J connectivity index is 1.35. The van der Waals surface area contributed by atoms with E-state index >= 15 is 0 Å². The molecule has 5 rings (SSSR count). The van der Waals surface area contributed by atoms with Crippen LogP contribution in [-0.2, 0) is 19.4 Å². The number of nitro benzene ring substituents is 1. The van der Waals surface area contributed by atoms with Gasteiger partial charge in [0.25, 0.3) is 11.6 Å². The van der Waals surface area contributed by atoms with Gasteiger partial charge in [-0.25, -0.2) is 4.99 Å². The number of ether oxygens (including phenoxy) is 2. The highest BCUT2D eigenvalue weighted by Gasteiger charge is 2.27. The van der Waals surface area contributed by atoms with E-state index in [2.05, 4.69) is 27.9 Å². The molecule has 0 unspecified atom stereocenters. The van der Waals surface area contributed by atoms with Crippen LogP contribution in [0.2, 0.25) is 0 Å². The van der Waals surface area contributed by atoms with Gasteiger partial charge in [-0.05, 0) is 102 Å². The lowest BCUT2D eigenvalue weighted by Gasteiger charge is -2.23. The maximum absolute atomic E-state index is 13.5. The first-order valence-corrected chi connectivity index (χ1v) is 15.6. The summed E-state index contributed by atoms with van der Waals surface area (Å²) in [5.41, 5.74) is 3.63. The third kappa shape index (κ3) is 6.65. The second-order valence-electron chi connectivity index (χ2n) is 10.2. The lowest BCUT2D eigenvalue weighted by Crippen LogP contribution is -2.36. The first kappa shape index (κ1) is 28.5. The molecule has 0 saturated heterocycles. The van der Waals surface area contributed by atoms with Crippen LogP contribution in [0.25, 0.3) is 0 Å². The molecule has 0 atom stereocenters. The van der Waals surface area contributed by atoms with Crippen LogP contribution in [-0.4, -0.2) is 30.2 Å². The van der Waals surface area contributed by atoms with Gasteiger partial charge in [0.05, 0.1) is 21.2 Å². The molecular weight excluding hydrogens is 641 g/mol. The molecule has 10 heteroatoms. The molecule has 2 aliphatic carbocycles. The number of aryl methyl sites for hydroxylation is 1. The van der Waals surface area contributed by atoms with Gasteiger partial charge in [0.2, 0.25) is 0 Å². The number of hydrogen-bond acceptors (Lipinski definition) is 7. The summed E-state index contributed by atoms with van der Waals surface area (Å²) in [5.74, 6) is 1.18. The number of thiophene rings is 1. The van der Waals surface area contributed by atoms with Crippen LogP contribution in [0.15, 0.2) is 41.4 Å². The van der Waals surface area contributed by atoms with E-state index in [1.165, 1.54) is 41.8 Å². The minimum atomic E-state index is -0.422. The van der Waals surface area contributed by atoms with Crippen molar-refractivity contribution in [1.29, 1.82) is 0 Å². The normalized spacial score (nSPS) is 15.6. The summed E-state index contributed by atoms with van der Waals surface area (Å²) in [6.45, 7) is 0.248. The standard InChI is InChI=1S/C30H32IN3O5S/c1-38-25-16-20(15-24(31)28(25)39-18-19-11-13-22(14-12-19)34(36)37)17-32-30-27(23-9-5-6-10-26(23)40-30)29(35)33-21-7-3-2-4-8-21/h11-17,21H,2-10,18H2,1H3,(H,33,35)/b32-17-. The number of nitro groups is 1. The third-order valence-electron chi connectivity index (χ3n) is 7.43. The zero-order valence-corrected chi connectivity index (χ0v) is 25.4. The van der Waals surface area contributed by atoms with Gasteiger partial charge in [0, 0.05) is 29.3 Å². The molecule has 1 saturated carbocycles. The van der Waals surface area contributed by atoms with Gasteiger partial charge in [-0.2, -0.15) is 0 Å². The molecular formula is C30H32IN3O5S. The lowest BCUT2D eigenvalue weighted by atomic mass is 9.93. The molecule has 1 N–H and O–H groups in total. The predicted octanol–water partition coefficient (Wildman–Crippen LogP) is 7.54. The van der Waals surface area contributed by atoms with Crippen molar-refractivity contribution in [2.45, 2.75) is 70.4 Å². The number of benzene rings is 2. The van der Waals surface area contributed by atoms with Crippen LogP contribution >= 0.6 is 33.9 Å². The van der Waals surface area contributed by atoms with E-state index in [9.17, 15) is 14.9 Å². The van der Waals surface area contributed by atoms with Gasteiger partial charge in [-0.15, -0.1) is 11.3 Å². The monoisotopic (exact) mass is 673 g/mol. The minimum Gasteiger partial charge on any atom is -0.493 e. The van der Waals surface area contributed by atoms with Gasteiger partial charge in [0.1, 0.15) is 11.6 Å². The van der Waals surface area contributed by atoms with Crippen LogP contribution in [0.3, 0.4) is 0 Å². The SMILES string of the molecule is COc1cc(/C=N\c2sc3c(c2C(=O)NC2CCCCC2)CCCC3)cc(I)c1OCc1ccc([N+](=O)[O-])cc1. The van der Waals surface area contributed by atoms with E-state index in [4.69, 9.17) is 14.5 Å². The summed E-state index contributed by atoms with van der Waals surface area (Å²) < 4.78 is 12.5. The zero-order valence-electron chi connectivity index (χ0n) is 22.4. The number of nitrogens with one attached hydrogen (secondary N) is 1. The molecule has 2 aromatic carbocycles. The number of hydrogen-bond donors (Lipinski definition) is 1. The molecule has 1 aromatic heterocycles.